The van der Waals surface area contributed by atoms with Crippen molar-refractivity contribution in [2.24, 2.45) is 0 Å². The molecular weight excluding hydrogens is 268 g/mol. The van der Waals surface area contributed by atoms with Crippen LogP contribution in [0.3, 0.4) is 0 Å². The lowest BCUT2D eigenvalue weighted by atomic mass is 10.1. The molecule has 6 heteroatoms. The van der Waals surface area contributed by atoms with E-state index >= 15 is 0 Å². The second-order valence-corrected chi connectivity index (χ2v) is 6.63. The number of rotatable bonds is 3. The predicted octanol–water partition coefficient (Wildman–Crippen LogP) is 1.34. The first-order chi connectivity index (χ1) is 9.24. The minimum absolute atomic E-state index is 0.0255. The first-order valence-electron chi connectivity index (χ1n) is 6.91. The highest BCUT2D eigenvalue weighted by Gasteiger charge is 2.49. The molecule has 3 aliphatic rings. The van der Waals surface area contributed by atoms with Crippen molar-refractivity contribution in [1.29, 1.82) is 0 Å². The lowest BCUT2D eigenvalue weighted by Crippen LogP contribution is -2.36. The maximum atomic E-state index is 11.2. The number of hydrogen-bond donors (Lipinski definition) is 0. The zero-order valence-corrected chi connectivity index (χ0v) is 11.9. The van der Waals surface area contributed by atoms with Crippen LogP contribution < -0.4 is 0 Å². The highest BCUT2D eigenvalue weighted by molar-refractivity contribution is 8.14. The van der Waals surface area contributed by atoms with Crippen LogP contribution in [0.2, 0.25) is 0 Å². The van der Waals surface area contributed by atoms with E-state index in [0.717, 1.165) is 25.9 Å². The van der Waals surface area contributed by atoms with Crippen molar-refractivity contribution in [3.63, 3.8) is 0 Å². The summed E-state index contributed by atoms with van der Waals surface area (Å²) in [5.74, 6) is 0. The summed E-state index contributed by atoms with van der Waals surface area (Å²) in [5, 5.41) is 0.209. The maximum Gasteiger partial charge on any atom is 0.186 e. The molecule has 0 bridgehead atoms. The van der Waals surface area contributed by atoms with Gasteiger partial charge in [-0.3, -0.25) is 4.79 Å². The quantitative estimate of drug-likeness (QED) is 0.781. The van der Waals surface area contributed by atoms with Gasteiger partial charge in [0.1, 0.15) is 18.3 Å². The van der Waals surface area contributed by atoms with Crippen LogP contribution in [0.4, 0.5) is 0 Å². The molecular formula is C13H20O5S. The standard InChI is InChI=1S/C13H20O5S/c1-8(14)19-10-7-17-12-9(6-16-13(10)12)18-11-4-2-3-5-15-11/h9-13H,2-7H2,1H3/t9-,10-,11?,12?,13+/m0/s1. The summed E-state index contributed by atoms with van der Waals surface area (Å²) in [6.07, 6.45) is 2.94. The van der Waals surface area contributed by atoms with Gasteiger partial charge in [-0.15, -0.1) is 0 Å². The van der Waals surface area contributed by atoms with E-state index in [9.17, 15) is 4.79 Å². The molecule has 3 heterocycles. The van der Waals surface area contributed by atoms with Crippen LogP contribution in [-0.4, -0.2) is 54.8 Å². The SMILES string of the molecule is CC(=O)S[C@H]1COC2[C@@H](OC3CCCCO3)CO[C@@H]21. The molecule has 0 N–H and O–H groups in total. The molecule has 0 aromatic rings. The Balaban J connectivity index is 1.54. The number of fused-ring (bicyclic) bond motifs is 1. The summed E-state index contributed by atoms with van der Waals surface area (Å²) in [7, 11) is 0. The van der Waals surface area contributed by atoms with Crippen molar-refractivity contribution >= 4 is 16.9 Å². The van der Waals surface area contributed by atoms with E-state index < -0.39 is 0 Å². The van der Waals surface area contributed by atoms with Crippen LogP contribution in [0, 0.1) is 0 Å². The van der Waals surface area contributed by atoms with Crippen molar-refractivity contribution in [3.05, 3.63) is 0 Å². The lowest BCUT2D eigenvalue weighted by molar-refractivity contribution is -0.201. The number of hydrogen-bond acceptors (Lipinski definition) is 6. The Morgan fingerprint density at radius 1 is 1.16 bits per heavy atom. The van der Waals surface area contributed by atoms with Crippen molar-refractivity contribution in [1.82, 2.24) is 0 Å². The molecule has 0 aliphatic carbocycles. The third-order valence-electron chi connectivity index (χ3n) is 3.74. The van der Waals surface area contributed by atoms with Gasteiger partial charge in [0.15, 0.2) is 11.4 Å². The van der Waals surface area contributed by atoms with E-state index in [1.54, 1.807) is 6.92 Å². The zero-order valence-electron chi connectivity index (χ0n) is 11.1. The van der Waals surface area contributed by atoms with E-state index in [0.29, 0.717) is 13.2 Å². The van der Waals surface area contributed by atoms with E-state index in [1.807, 2.05) is 0 Å². The van der Waals surface area contributed by atoms with Crippen molar-refractivity contribution in [2.45, 2.75) is 56.0 Å². The van der Waals surface area contributed by atoms with Crippen LogP contribution >= 0.6 is 11.8 Å². The summed E-state index contributed by atoms with van der Waals surface area (Å²) < 4.78 is 23.1. The van der Waals surface area contributed by atoms with E-state index in [4.69, 9.17) is 18.9 Å². The molecule has 0 amide bonds. The third kappa shape index (κ3) is 3.13. The Morgan fingerprint density at radius 2 is 2.00 bits per heavy atom. The number of carbonyl (C=O) groups is 1. The third-order valence-corrected chi connectivity index (χ3v) is 4.78. The normalized spacial score (nSPS) is 42.3. The monoisotopic (exact) mass is 288 g/mol. The van der Waals surface area contributed by atoms with Crippen LogP contribution in [0.5, 0.6) is 0 Å². The zero-order chi connectivity index (χ0) is 13.2. The van der Waals surface area contributed by atoms with Crippen LogP contribution in [0.1, 0.15) is 26.2 Å². The average molecular weight is 288 g/mol. The van der Waals surface area contributed by atoms with Crippen LogP contribution in [0.15, 0.2) is 0 Å². The molecule has 0 spiro atoms. The first-order valence-corrected chi connectivity index (χ1v) is 7.79. The summed E-state index contributed by atoms with van der Waals surface area (Å²) in [5.41, 5.74) is 0. The Morgan fingerprint density at radius 3 is 2.74 bits per heavy atom. The summed E-state index contributed by atoms with van der Waals surface area (Å²) >= 11 is 1.31. The van der Waals surface area contributed by atoms with E-state index in [2.05, 4.69) is 0 Å². The fourth-order valence-corrected chi connectivity index (χ4v) is 3.81. The molecule has 5 nitrogen and oxygen atoms in total. The number of ether oxygens (including phenoxy) is 4. The molecule has 3 rings (SSSR count). The lowest BCUT2D eigenvalue weighted by Gasteiger charge is -2.27. The molecule has 108 valence electrons. The van der Waals surface area contributed by atoms with Crippen LogP contribution in [0.25, 0.3) is 0 Å². The van der Waals surface area contributed by atoms with Gasteiger partial charge in [-0.2, -0.15) is 0 Å². The molecule has 0 aromatic heterocycles. The predicted molar refractivity (Wildman–Crippen MR) is 70.0 cm³/mol. The van der Waals surface area contributed by atoms with Crippen molar-refractivity contribution < 1.29 is 23.7 Å². The molecule has 3 fully saturated rings. The average Bonchev–Trinajstić information content (AvgIpc) is 2.95. The van der Waals surface area contributed by atoms with Gasteiger partial charge in [0.05, 0.1) is 18.5 Å². The summed E-state index contributed by atoms with van der Waals surface area (Å²) in [6, 6.07) is 0. The van der Waals surface area contributed by atoms with Gasteiger partial charge in [0.25, 0.3) is 0 Å². The van der Waals surface area contributed by atoms with Gasteiger partial charge in [0, 0.05) is 13.5 Å². The van der Waals surface area contributed by atoms with E-state index in [1.165, 1.54) is 11.8 Å². The topological polar surface area (TPSA) is 54.0 Å². The van der Waals surface area contributed by atoms with Crippen LogP contribution in [-0.2, 0) is 23.7 Å². The minimum Gasteiger partial charge on any atom is -0.371 e. The Hall–Kier alpha value is -0.140. The van der Waals surface area contributed by atoms with Crippen molar-refractivity contribution in [2.75, 3.05) is 19.8 Å². The Labute approximate surface area is 117 Å². The van der Waals surface area contributed by atoms with Gasteiger partial charge in [-0.1, -0.05) is 11.8 Å². The highest BCUT2D eigenvalue weighted by atomic mass is 32.2. The first kappa shape index (κ1) is 13.8. The minimum atomic E-state index is -0.121. The van der Waals surface area contributed by atoms with Gasteiger partial charge in [0.2, 0.25) is 0 Å². The molecule has 19 heavy (non-hydrogen) atoms. The summed E-state index contributed by atoms with van der Waals surface area (Å²) in [4.78, 5) is 11.2. The Bertz CT molecular complexity index is 331. The number of carbonyl (C=O) groups excluding carboxylic acids is 1. The largest absolute Gasteiger partial charge is 0.371 e. The van der Waals surface area contributed by atoms with Gasteiger partial charge in [-0.25, -0.2) is 0 Å². The van der Waals surface area contributed by atoms with Gasteiger partial charge >= 0.3 is 0 Å². The van der Waals surface area contributed by atoms with E-state index in [-0.39, 0.29) is 35.0 Å². The number of thioether (sulfide) groups is 1. The van der Waals surface area contributed by atoms with Crippen molar-refractivity contribution in [3.8, 4) is 0 Å². The molecule has 3 aliphatic heterocycles. The molecule has 0 saturated carbocycles. The maximum absolute atomic E-state index is 11.2. The molecule has 0 aromatic carbocycles. The molecule has 2 unspecified atom stereocenters. The fourth-order valence-electron chi connectivity index (χ4n) is 2.87. The Kier molecular flexibility index (Phi) is 4.44. The second kappa shape index (κ2) is 6.10. The summed E-state index contributed by atoms with van der Waals surface area (Å²) in [6.45, 7) is 3.45. The second-order valence-electron chi connectivity index (χ2n) is 5.21. The van der Waals surface area contributed by atoms with Gasteiger partial charge in [-0.05, 0) is 19.3 Å². The molecule has 0 radical (unpaired) electrons. The molecule has 5 atom stereocenters. The van der Waals surface area contributed by atoms with Gasteiger partial charge < -0.3 is 18.9 Å². The smallest absolute Gasteiger partial charge is 0.186 e. The highest BCUT2D eigenvalue weighted by Crippen LogP contribution is 2.36. The fraction of sp³-hybridized carbons (Fsp3) is 0.923. The molecule has 3 saturated heterocycles.